The fourth-order valence-corrected chi connectivity index (χ4v) is 4.26. The van der Waals surface area contributed by atoms with Crippen LogP contribution in [0.1, 0.15) is 26.3 Å². The van der Waals surface area contributed by atoms with E-state index in [-0.39, 0.29) is 21.4 Å². The summed E-state index contributed by atoms with van der Waals surface area (Å²) >= 11 is 7.86. The van der Waals surface area contributed by atoms with Crippen LogP contribution in [0.15, 0.2) is 70.5 Å². The Morgan fingerprint density at radius 3 is 2.34 bits per heavy atom. The predicted molar refractivity (Wildman–Crippen MR) is 130 cm³/mol. The first-order valence-electron chi connectivity index (χ1n) is 9.45. The van der Waals surface area contributed by atoms with E-state index in [9.17, 15) is 18.0 Å². The fraction of sp³-hybridized carbons (Fsp3) is 0.130. The number of hydrogen-bond donors (Lipinski definition) is 2. The van der Waals surface area contributed by atoms with Gasteiger partial charge in [-0.1, -0.05) is 23.7 Å². The highest BCUT2D eigenvalue weighted by atomic mass is 35.5. The van der Waals surface area contributed by atoms with E-state index in [1.807, 2.05) is 31.4 Å². The highest BCUT2D eigenvalue weighted by Crippen LogP contribution is 2.27. The van der Waals surface area contributed by atoms with E-state index in [0.29, 0.717) is 16.9 Å². The van der Waals surface area contributed by atoms with Crippen molar-refractivity contribution in [3.8, 4) is 0 Å². The molecule has 32 heavy (non-hydrogen) atoms. The first-order valence-corrected chi connectivity index (χ1v) is 12.9. The van der Waals surface area contributed by atoms with Gasteiger partial charge >= 0.3 is 0 Å². The topological polar surface area (TPSA) is 92.3 Å². The molecular weight excluding hydrogens is 468 g/mol. The van der Waals surface area contributed by atoms with Crippen LogP contribution in [-0.2, 0) is 9.84 Å². The molecule has 2 amide bonds. The molecule has 0 fully saturated rings. The highest BCUT2D eigenvalue weighted by Gasteiger charge is 2.15. The maximum Gasteiger partial charge on any atom is 0.255 e. The molecule has 0 bridgehead atoms. The van der Waals surface area contributed by atoms with Crippen LogP contribution in [-0.4, -0.2) is 32.7 Å². The summed E-state index contributed by atoms with van der Waals surface area (Å²) in [5.74, 6) is -0.762. The zero-order valence-electron chi connectivity index (χ0n) is 17.6. The number of thioether (sulfide) groups is 1. The summed E-state index contributed by atoms with van der Waals surface area (Å²) in [7, 11) is -3.44. The molecule has 0 atom stereocenters. The van der Waals surface area contributed by atoms with E-state index in [4.69, 9.17) is 11.6 Å². The van der Waals surface area contributed by atoms with Gasteiger partial charge in [0.1, 0.15) is 0 Å². The summed E-state index contributed by atoms with van der Waals surface area (Å²) < 4.78 is 23.4. The molecule has 6 nitrogen and oxygen atoms in total. The molecule has 0 saturated carbocycles. The Balaban J connectivity index is 1.76. The molecule has 9 heteroatoms. The number of carbonyl (C=O) groups excluding carboxylic acids is 2. The Hall–Kier alpha value is -2.81. The van der Waals surface area contributed by atoms with Gasteiger partial charge in [0, 0.05) is 28.0 Å². The molecule has 0 heterocycles. The van der Waals surface area contributed by atoms with Crippen molar-refractivity contribution in [2.24, 2.45) is 0 Å². The largest absolute Gasteiger partial charge is 0.322 e. The number of halogens is 1. The minimum atomic E-state index is -3.44. The van der Waals surface area contributed by atoms with Crippen molar-refractivity contribution in [1.29, 1.82) is 0 Å². The lowest BCUT2D eigenvalue weighted by Gasteiger charge is -2.12. The van der Waals surface area contributed by atoms with E-state index < -0.39 is 15.7 Å². The van der Waals surface area contributed by atoms with Crippen LogP contribution < -0.4 is 10.6 Å². The second-order valence-corrected chi connectivity index (χ2v) is 10.4. The maximum atomic E-state index is 12.7. The van der Waals surface area contributed by atoms with Gasteiger partial charge in [-0.25, -0.2) is 8.42 Å². The lowest BCUT2D eigenvalue weighted by atomic mass is 10.1. The van der Waals surface area contributed by atoms with Gasteiger partial charge in [-0.2, -0.15) is 0 Å². The average molecular weight is 489 g/mol. The molecule has 0 aromatic heterocycles. The van der Waals surface area contributed by atoms with Crippen molar-refractivity contribution in [2.45, 2.75) is 16.7 Å². The van der Waals surface area contributed by atoms with Gasteiger partial charge in [-0.15, -0.1) is 11.8 Å². The number of amides is 2. The monoisotopic (exact) mass is 488 g/mol. The van der Waals surface area contributed by atoms with Crippen LogP contribution in [0.25, 0.3) is 0 Å². The zero-order chi connectivity index (χ0) is 23.5. The second kappa shape index (κ2) is 9.77. The number of rotatable bonds is 6. The summed E-state index contributed by atoms with van der Waals surface area (Å²) in [5.41, 5.74) is 2.42. The van der Waals surface area contributed by atoms with Crippen molar-refractivity contribution in [3.05, 3.63) is 82.4 Å². The lowest BCUT2D eigenvalue weighted by molar-refractivity contribution is 0.101. The molecule has 0 saturated heterocycles. The van der Waals surface area contributed by atoms with Gasteiger partial charge in [-0.3, -0.25) is 9.59 Å². The van der Waals surface area contributed by atoms with Gasteiger partial charge < -0.3 is 10.6 Å². The van der Waals surface area contributed by atoms with Crippen molar-refractivity contribution < 1.29 is 18.0 Å². The minimum absolute atomic E-state index is 0.0511. The van der Waals surface area contributed by atoms with Gasteiger partial charge in [0.2, 0.25) is 0 Å². The number of anilines is 2. The molecule has 3 rings (SSSR count). The average Bonchev–Trinajstić information content (AvgIpc) is 2.75. The van der Waals surface area contributed by atoms with E-state index in [0.717, 1.165) is 16.7 Å². The Bertz CT molecular complexity index is 1310. The van der Waals surface area contributed by atoms with Crippen molar-refractivity contribution >= 4 is 56.4 Å². The molecule has 2 N–H and O–H groups in total. The Kier molecular flexibility index (Phi) is 7.28. The summed E-state index contributed by atoms with van der Waals surface area (Å²) in [4.78, 5) is 26.3. The molecule has 166 valence electrons. The normalized spacial score (nSPS) is 11.1. The van der Waals surface area contributed by atoms with Gasteiger partial charge in [0.15, 0.2) is 9.84 Å². The molecular formula is C23H21ClN2O4S2. The molecule has 0 aliphatic rings. The van der Waals surface area contributed by atoms with E-state index in [2.05, 4.69) is 10.6 Å². The third-order valence-corrected chi connectivity index (χ3v) is 6.84. The van der Waals surface area contributed by atoms with E-state index in [1.165, 1.54) is 30.3 Å². The van der Waals surface area contributed by atoms with Crippen LogP contribution in [0, 0.1) is 6.92 Å². The summed E-state index contributed by atoms with van der Waals surface area (Å²) in [6.45, 7) is 1.86. The quantitative estimate of drug-likeness (QED) is 0.460. The molecule has 0 aliphatic carbocycles. The molecule has 3 aromatic rings. The third-order valence-electron chi connectivity index (χ3n) is 4.69. The van der Waals surface area contributed by atoms with Gasteiger partial charge in [-0.05, 0) is 67.3 Å². The van der Waals surface area contributed by atoms with Gasteiger partial charge in [0.25, 0.3) is 11.8 Å². The van der Waals surface area contributed by atoms with Crippen molar-refractivity contribution in [1.82, 2.24) is 0 Å². The first-order chi connectivity index (χ1) is 15.1. The molecule has 0 aliphatic heterocycles. The lowest BCUT2D eigenvalue weighted by Crippen LogP contribution is -2.15. The standard InChI is InChI=1S/C23H21ClN2O4S2/c1-14-7-9-17(31-2)13-19(14)23(28)25-16-8-10-21(20(24)12-16)26-22(27)15-5-4-6-18(11-15)32(3,29)30/h4-13H,1-3H3,(H,25,28)(H,26,27). The molecule has 0 radical (unpaired) electrons. The maximum absolute atomic E-state index is 12.7. The Morgan fingerprint density at radius 1 is 0.938 bits per heavy atom. The number of nitrogens with one attached hydrogen (secondary N) is 2. The van der Waals surface area contributed by atoms with Crippen LogP contribution in [0.4, 0.5) is 11.4 Å². The van der Waals surface area contributed by atoms with E-state index in [1.54, 1.807) is 23.9 Å². The number of benzene rings is 3. The second-order valence-electron chi connectivity index (χ2n) is 7.08. The zero-order valence-corrected chi connectivity index (χ0v) is 20.0. The van der Waals surface area contributed by atoms with Crippen LogP contribution in [0.2, 0.25) is 5.02 Å². The van der Waals surface area contributed by atoms with Crippen LogP contribution >= 0.6 is 23.4 Å². The molecule has 0 spiro atoms. The van der Waals surface area contributed by atoms with Crippen molar-refractivity contribution in [3.63, 3.8) is 0 Å². The fourth-order valence-electron chi connectivity index (χ4n) is 2.93. The van der Waals surface area contributed by atoms with Crippen LogP contribution in [0.3, 0.4) is 0 Å². The smallest absolute Gasteiger partial charge is 0.255 e. The summed E-state index contributed by atoms with van der Waals surface area (Å²) in [6.07, 6.45) is 3.02. The summed E-state index contributed by atoms with van der Waals surface area (Å²) in [6, 6.07) is 16.2. The third kappa shape index (κ3) is 5.70. The number of hydrogen-bond acceptors (Lipinski definition) is 5. The molecule has 0 unspecified atom stereocenters. The van der Waals surface area contributed by atoms with Crippen molar-refractivity contribution in [2.75, 3.05) is 23.1 Å². The highest BCUT2D eigenvalue weighted by molar-refractivity contribution is 7.98. The van der Waals surface area contributed by atoms with Gasteiger partial charge in [0.05, 0.1) is 15.6 Å². The SMILES string of the molecule is CSc1ccc(C)c(C(=O)Nc2ccc(NC(=O)c3cccc(S(C)(=O)=O)c3)c(Cl)c2)c1. The first kappa shape index (κ1) is 23.8. The summed E-state index contributed by atoms with van der Waals surface area (Å²) in [5, 5.41) is 5.70. The Labute approximate surface area is 196 Å². The number of aryl methyl sites for hydroxylation is 1. The minimum Gasteiger partial charge on any atom is -0.322 e. The van der Waals surface area contributed by atoms with E-state index >= 15 is 0 Å². The molecule has 3 aromatic carbocycles. The Morgan fingerprint density at radius 2 is 1.69 bits per heavy atom. The van der Waals surface area contributed by atoms with Crippen LogP contribution in [0.5, 0.6) is 0 Å². The number of sulfone groups is 1. The number of carbonyl (C=O) groups is 2. The predicted octanol–water partition coefficient (Wildman–Crippen LogP) is 5.28.